The summed E-state index contributed by atoms with van der Waals surface area (Å²) in [5.41, 5.74) is 2.33. The van der Waals surface area contributed by atoms with Crippen LogP contribution in [0.25, 0.3) is 10.2 Å². The first-order valence-corrected chi connectivity index (χ1v) is 11.7. The van der Waals surface area contributed by atoms with E-state index in [1.54, 1.807) is 23.1 Å². The maximum Gasteiger partial charge on any atom is 0.192 e. The lowest BCUT2D eigenvalue weighted by Crippen LogP contribution is -3.06. The van der Waals surface area contributed by atoms with Crippen molar-refractivity contribution in [2.45, 2.75) is 36.8 Å². The Bertz CT molecular complexity index is 1040. The van der Waals surface area contributed by atoms with E-state index in [-0.39, 0.29) is 0 Å². The van der Waals surface area contributed by atoms with Crippen LogP contribution >= 0.6 is 23.1 Å². The lowest BCUT2D eigenvalue weighted by molar-refractivity contribution is -0.893. The van der Waals surface area contributed by atoms with Gasteiger partial charge in [0, 0.05) is 6.42 Å². The van der Waals surface area contributed by atoms with Crippen LogP contribution in [0.15, 0.2) is 59.8 Å². The van der Waals surface area contributed by atoms with Gasteiger partial charge in [-0.25, -0.2) is 4.98 Å². The van der Waals surface area contributed by atoms with Gasteiger partial charge in [0.05, 0.1) is 36.6 Å². The molecule has 0 saturated heterocycles. The molecule has 0 fully saturated rings. The van der Waals surface area contributed by atoms with Gasteiger partial charge in [-0.2, -0.15) is 0 Å². The SMILES string of the molecule is CC[C@@H](c1nnc(SCc2nc3ccccc3s2)n1Cc1ccccc1)[NH+](C)C. The van der Waals surface area contributed by atoms with Gasteiger partial charge in [-0.1, -0.05) is 61.2 Å². The number of thioether (sulfide) groups is 1. The molecule has 2 aromatic carbocycles. The highest BCUT2D eigenvalue weighted by molar-refractivity contribution is 7.98. The van der Waals surface area contributed by atoms with Crippen LogP contribution in [0.1, 0.15) is 35.8 Å². The number of quaternary nitrogens is 1. The summed E-state index contributed by atoms with van der Waals surface area (Å²) in [6, 6.07) is 19.2. The van der Waals surface area contributed by atoms with Crippen LogP contribution in [0.5, 0.6) is 0 Å². The fourth-order valence-corrected chi connectivity index (χ4v) is 5.44. The Labute approximate surface area is 179 Å². The zero-order valence-electron chi connectivity index (χ0n) is 17.0. The number of para-hydroxylation sites is 1. The summed E-state index contributed by atoms with van der Waals surface area (Å²) in [5, 5.41) is 11.3. The molecule has 0 aliphatic rings. The average molecular weight is 425 g/mol. The van der Waals surface area contributed by atoms with Gasteiger partial charge >= 0.3 is 0 Å². The second kappa shape index (κ2) is 9.07. The second-order valence-electron chi connectivity index (χ2n) is 7.31. The van der Waals surface area contributed by atoms with Crippen molar-refractivity contribution in [3.05, 3.63) is 71.0 Å². The maximum absolute atomic E-state index is 4.76. The van der Waals surface area contributed by atoms with E-state index in [9.17, 15) is 0 Å². The lowest BCUT2D eigenvalue weighted by Gasteiger charge is -2.20. The van der Waals surface area contributed by atoms with Gasteiger partial charge in [0.25, 0.3) is 0 Å². The first kappa shape index (κ1) is 20.1. The largest absolute Gasteiger partial charge is 0.331 e. The van der Waals surface area contributed by atoms with Crippen LogP contribution in [0.4, 0.5) is 0 Å². The van der Waals surface area contributed by atoms with Crippen LogP contribution in [-0.4, -0.2) is 33.8 Å². The maximum atomic E-state index is 4.76. The number of hydrogen-bond acceptors (Lipinski definition) is 5. The number of hydrogen-bond donors (Lipinski definition) is 1. The third-order valence-corrected chi connectivity index (χ3v) is 7.21. The molecule has 4 aromatic rings. The third kappa shape index (κ3) is 4.52. The van der Waals surface area contributed by atoms with E-state index in [0.29, 0.717) is 6.04 Å². The Morgan fingerprint density at radius 1 is 1.03 bits per heavy atom. The average Bonchev–Trinajstić information content (AvgIpc) is 3.31. The molecule has 0 unspecified atom stereocenters. The summed E-state index contributed by atoms with van der Waals surface area (Å²) in [5.74, 6) is 1.86. The Balaban J connectivity index is 1.61. The molecule has 2 aromatic heterocycles. The van der Waals surface area contributed by atoms with Crippen LogP contribution in [0.3, 0.4) is 0 Å². The highest BCUT2D eigenvalue weighted by Crippen LogP contribution is 2.29. The summed E-state index contributed by atoms with van der Waals surface area (Å²) < 4.78 is 3.52. The van der Waals surface area contributed by atoms with Gasteiger partial charge in [0.1, 0.15) is 11.0 Å². The quantitative estimate of drug-likeness (QED) is 0.437. The Morgan fingerprint density at radius 2 is 1.79 bits per heavy atom. The highest BCUT2D eigenvalue weighted by Gasteiger charge is 2.25. The van der Waals surface area contributed by atoms with Crippen LogP contribution in [0.2, 0.25) is 0 Å². The molecule has 0 spiro atoms. The summed E-state index contributed by atoms with van der Waals surface area (Å²) >= 11 is 3.48. The Hall–Kier alpha value is -2.22. The molecule has 1 atom stereocenters. The van der Waals surface area contributed by atoms with Gasteiger partial charge in [-0.3, -0.25) is 4.57 Å². The van der Waals surface area contributed by atoms with Crippen molar-refractivity contribution in [2.24, 2.45) is 0 Å². The lowest BCUT2D eigenvalue weighted by atomic mass is 10.2. The van der Waals surface area contributed by atoms with Crippen LogP contribution in [0, 0.1) is 0 Å². The fraction of sp³-hybridized carbons (Fsp3) is 0.318. The van der Waals surface area contributed by atoms with Crippen molar-refractivity contribution in [3.8, 4) is 0 Å². The first-order chi connectivity index (χ1) is 14.2. The van der Waals surface area contributed by atoms with E-state index in [2.05, 4.69) is 84.3 Å². The number of benzene rings is 2. The van der Waals surface area contributed by atoms with Crippen LogP contribution < -0.4 is 4.90 Å². The molecular weight excluding hydrogens is 398 g/mol. The fourth-order valence-electron chi connectivity index (χ4n) is 3.54. The summed E-state index contributed by atoms with van der Waals surface area (Å²) in [6.07, 6.45) is 1.03. The topological polar surface area (TPSA) is 48.0 Å². The van der Waals surface area contributed by atoms with E-state index < -0.39 is 0 Å². The van der Waals surface area contributed by atoms with Gasteiger partial charge in [0.15, 0.2) is 11.0 Å². The molecule has 0 saturated carbocycles. The second-order valence-corrected chi connectivity index (χ2v) is 9.37. The van der Waals surface area contributed by atoms with E-state index in [1.165, 1.54) is 15.2 Å². The summed E-state index contributed by atoms with van der Waals surface area (Å²) in [7, 11) is 4.37. The standard InChI is InChI=1S/C22H25N5S2/c1-4-18(26(2)3)21-24-25-22(27(21)14-16-10-6-5-7-11-16)28-15-20-23-17-12-8-9-13-19(17)29-20/h5-13,18H,4,14-15H2,1-3H3/p+1/t18-/m0/s1. The number of nitrogens with one attached hydrogen (secondary N) is 1. The van der Waals surface area contributed by atoms with Crippen molar-refractivity contribution in [2.75, 3.05) is 14.1 Å². The minimum Gasteiger partial charge on any atom is -0.331 e. The number of rotatable bonds is 8. The molecule has 0 aliphatic carbocycles. The van der Waals surface area contributed by atoms with Crippen molar-refractivity contribution in [1.29, 1.82) is 0 Å². The predicted octanol–water partition coefficient (Wildman–Crippen LogP) is 3.82. The Morgan fingerprint density at radius 3 is 2.52 bits per heavy atom. The Kier molecular flexibility index (Phi) is 6.28. The minimum atomic E-state index is 0.322. The molecule has 4 rings (SSSR count). The van der Waals surface area contributed by atoms with E-state index in [4.69, 9.17) is 4.98 Å². The summed E-state index contributed by atoms with van der Waals surface area (Å²) in [4.78, 5) is 6.14. The predicted molar refractivity (Wildman–Crippen MR) is 121 cm³/mol. The minimum absolute atomic E-state index is 0.322. The third-order valence-electron chi connectivity index (χ3n) is 5.01. The molecule has 7 heteroatoms. The molecule has 29 heavy (non-hydrogen) atoms. The number of fused-ring (bicyclic) bond motifs is 1. The molecule has 0 amide bonds. The molecule has 2 heterocycles. The number of aromatic nitrogens is 4. The van der Waals surface area contributed by atoms with E-state index in [0.717, 1.165) is 40.2 Å². The van der Waals surface area contributed by atoms with Crippen molar-refractivity contribution in [1.82, 2.24) is 19.7 Å². The first-order valence-electron chi connectivity index (χ1n) is 9.90. The number of thiazole rings is 1. The zero-order valence-corrected chi connectivity index (χ0v) is 18.6. The smallest absolute Gasteiger partial charge is 0.192 e. The molecule has 0 aliphatic heterocycles. The summed E-state index contributed by atoms with van der Waals surface area (Å²) in [6.45, 7) is 3.00. The molecule has 5 nitrogen and oxygen atoms in total. The van der Waals surface area contributed by atoms with Gasteiger partial charge in [-0.15, -0.1) is 21.5 Å². The molecule has 0 radical (unpaired) electrons. The molecule has 1 N–H and O–H groups in total. The molecule has 0 bridgehead atoms. The van der Waals surface area contributed by atoms with Crippen LogP contribution in [-0.2, 0) is 12.3 Å². The van der Waals surface area contributed by atoms with Crippen molar-refractivity contribution in [3.63, 3.8) is 0 Å². The van der Waals surface area contributed by atoms with Gasteiger partial charge < -0.3 is 4.90 Å². The van der Waals surface area contributed by atoms with Crippen molar-refractivity contribution < 1.29 is 4.90 Å². The zero-order chi connectivity index (χ0) is 20.2. The van der Waals surface area contributed by atoms with E-state index >= 15 is 0 Å². The normalized spacial score (nSPS) is 12.7. The van der Waals surface area contributed by atoms with Gasteiger partial charge in [-0.05, 0) is 17.7 Å². The van der Waals surface area contributed by atoms with E-state index in [1.807, 2.05) is 6.07 Å². The molecular formula is C22H26N5S2+. The highest BCUT2D eigenvalue weighted by atomic mass is 32.2. The molecule has 150 valence electrons. The van der Waals surface area contributed by atoms with Gasteiger partial charge in [0.2, 0.25) is 0 Å². The number of nitrogens with zero attached hydrogens (tertiary/aromatic N) is 4. The van der Waals surface area contributed by atoms with Crippen molar-refractivity contribution >= 4 is 33.3 Å². The monoisotopic (exact) mass is 424 g/mol.